The van der Waals surface area contributed by atoms with E-state index in [1.54, 1.807) is 10.6 Å². The highest BCUT2D eigenvalue weighted by Crippen LogP contribution is 2.28. The minimum absolute atomic E-state index is 0.0518. The van der Waals surface area contributed by atoms with Gasteiger partial charge in [-0.25, -0.2) is 9.97 Å². The van der Waals surface area contributed by atoms with E-state index in [2.05, 4.69) is 39.6 Å². The standard InChI is InChI=1S/C26H22N4O2S2/c1-2-30-24(32)20-9-5-6-10-21(20)28-26(30)33-14-13-23(31)29-25-27-22(16-34-25)19-12-11-17-7-3-4-8-18(17)15-19/h3-12,15-16H,2,13-14H2,1H3,(H,27,29,31). The van der Waals surface area contributed by atoms with Crippen LogP contribution in [0.3, 0.4) is 0 Å². The zero-order valence-corrected chi connectivity index (χ0v) is 20.2. The number of hydrogen-bond acceptors (Lipinski definition) is 6. The maximum Gasteiger partial charge on any atom is 0.262 e. The lowest BCUT2D eigenvalue weighted by molar-refractivity contribution is -0.115. The molecule has 0 atom stereocenters. The Morgan fingerprint density at radius 3 is 2.68 bits per heavy atom. The average Bonchev–Trinajstić information content (AvgIpc) is 3.32. The van der Waals surface area contributed by atoms with Crippen LogP contribution in [0.15, 0.2) is 82.1 Å². The predicted molar refractivity (Wildman–Crippen MR) is 141 cm³/mol. The van der Waals surface area contributed by atoms with Gasteiger partial charge in [0.2, 0.25) is 5.91 Å². The third-order valence-electron chi connectivity index (χ3n) is 5.50. The lowest BCUT2D eigenvalue weighted by Crippen LogP contribution is -2.22. The molecule has 1 N–H and O–H groups in total. The molecule has 0 unspecified atom stereocenters. The van der Waals surface area contributed by atoms with Crippen molar-refractivity contribution >= 4 is 55.8 Å². The number of benzene rings is 3. The quantitative estimate of drug-likeness (QED) is 0.232. The molecule has 0 saturated heterocycles. The van der Waals surface area contributed by atoms with Gasteiger partial charge < -0.3 is 5.32 Å². The van der Waals surface area contributed by atoms with Crippen LogP contribution in [-0.2, 0) is 11.3 Å². The number of carbonyl (C=O) groups is 1. The minimum atomic E-state index is -0.113. The van der Waals surface area contributed by atoms with Gasteiger partial charge in [0.05, 0.1) is 16.6 Å². The summed E-state index contributed by atoms with van der Waals surface area (Å²) in [5, 5.41) is 9.00. The van der Waals surface area contributed by atoms with Crippen LogP contribution in [0.25, 0.3) is 32.9 Å². The molecule has 1 amide bonds. The number of thioether (sulfide) groups is 1. The Hall–Kier alpha value is -3.49. The fourth-order valence-corrected chi connectivity index (χ4v) is 5.50. The lowest BCUT2D eigenvalue weighted by Gasteiger charge is -2.10. The molecule has 8 heteroatoms. The number of amides is 1. The number of nitrogens with one attached hydrogen (secondary N) is 1. The van der Waals surface area contributed by atoms with Gasteiger partial charge in [-0.1, -0.05) is 60.3 Å². The van der Waals surface area contributed by atoms with Crippen molar-refractivity contribution in [3.8, 4) is 11.3 Å². The smallest absolute Gasteiger partial charge is 0.262 e. The van der Waals surface area contributed by atoms with Crippen molar-refractivity contribution in [2.24, 2.45) is 0 Å². The fourth-order valence-electron chi connectivity index (χ4n) is 3.77. The molecule has 0 aliphatic carbocycles. The lowest BCUT2D eigenvalue weighted by atomic mass is 10.1. The van der Waals surface area contributed by atoms with Crippen molar-refractivity contribution in [2.45, 2.75) is 25.0 Å². The van der Waals surface area contributed by atoms with Crippen LogP contribution in [0.1, 0.15) is 13.3 Å². The largest absolute Gasteiger partial charge is 0.302 e. The van der Waals surface area contributed by atoms with Gasteiger partial charge >= 0.3 is 0 Å². The summed E-state index contributed by atoms with van der Waals surface area (Å²) in [5.41, 5.74) is 2.48. The summed E-state index contributed by atoms with van der Waals surface area (Å²) < 4.78 is 1.65. The van der Waals surface area contributed by atoms with E-state index in [0.717, 1.165) is 16.6 Å². The van der Waals surface area contributed by atoms with Crippen LogP contribution >= 0.6 is 23.1 Å². The molecular formula is C26H22N4O2S2. The molecule has 0 fully saturated rings. The van der Waals surface area contributed by atoms with Crippen LogP contribution < -0.4 is 10.9 Å². The SMILES string of the molecule is CCn1c(SCCC(=O)Nc2nc(-c3ccc4ccccc4c3)cs2)nc2ccccc2c1=O. The second-order valence-corrected chi connectivity index (χ2v) is 9.63. The predicted octanol–water partition coefficient (Wildman–Crippen LogP) is 5.81. The third kappa shape index (κ3) is 4.60. The first-order chi connectivity index (χ1) is 16.6. The number of nitrogens with zero attached hydrogens (tertiary/aromatic N) is 3. The number of aromatic nitrogens is 3. The number of fused-ring (bicyclic) bond motifs is 2. The minimum Gasteiger partial charge on any atom is -0.302 e. The summed E-state index contributed by atoms with van der Waals surface area (Å²) in [4.78, 5) is 34.5. The monoisotopic (exact) mass is 486 g/mol. The number of rotatable bonds is 7. The first-order valence-corrected chi connectivity index (χ1v) is 12.9. The van der Waals surface area contributed by atoms with Crippen LogP contribution in [0.2, 0.25) is 0 Å². The molecule has 2 aromatic heterocycles. The van der Waals surface area contributed by atoms with E-state index in [4.69, 9.17) is 0 Å². The highest BCUT2D eigenvalue weighted by atomic mass is 32.2. The summed E-state index contributed by atoms with van der Waals surface area (Å²) in [5.74, 6) is 0.401. The fraction of sp³-hybridized carbons (Fsp3) is 0.154. The molecule has 6 nitrogen and oxygen atoms in total. The highest BCUT2D eigenvalue weighted by molar-refractivity contribution is 7.99. The molecule has 34 heavy (non-hydrogen) atoms. The van der Waals surface area contributed by atoms with Crippen molar-refractivity contribution in [2.75, 3.05) is 11.1 Å². The molecule has 0 bridgehead atoms. The van der Waals surface area contributed by atoms with Gasteiger partial charge in [0.15, 0.2) is 10.3 Å². The molecule has 0 aliphatic heterocycles. The molecule has 3 aromatic carbocycles. The van der Waals surface area contributed by atoms with Gasteiger partial charge in [-0.15, -0.1) is 11.3 Å². The second-order valence-electron chi connectivity index (χ2n) is 7.71. The van der Waals surface area contributed by atoms with Crippen molar-refractivity contribution in [1.82, 2.24) is 14.5 Å². The maximum atomic E-state index is 12.7. The van der Waals surface area contributed by atoms with Crippen LogP contribution in [0.4, 0.5) is 5.13 Å². The third-order valence-corrected chi connectivity index (χ3v) is 7.23. The summed E-state index contributed by atoms with van der Waals surface area (Å²) in [6.07, 6.45) is 0.294. The zero-order chi connectivity index (χ0) is 23.5. The van der Waals surface area contributed by atoms with E-state index in [9.17, 15) is 9.59 Å². The van der Waals surface area contributed by atoms with E-state index < -0.39 is 0 Å². The Morgan fingerprint density at radius 1 is 1.03 bits per heavy atom. The van der Waals surface area contributed by atoms with E-state index in [-0.39, 0.29) is 11.5 Å². The molecule has 0 spiro atoms. The summed E-state index contributed by atoms with van der Waals surface area (Å²) in [7, 11) is 0. The normalized spacial score (nSPS) is 11.2. The van der Waals surface area contributed by atoms with E-state index in [1.807, 2.05) is 48.7 Å². The van der Waals surface area contributed by atoms with Crippen molar-refractivity contribution in [3.05, 3.63) is 82.5 Å². The first kappa shape index (κ1) is 22.3. The molecule has 5 aromatic rings. The van der Waals surface area contributed by atoms with Crippen LogP contribution in [0.5, 0.6) is 0 Å². The molecule has 5 rings (SSSR count). The molecule has 0 aliphatic rings. The van der Waals surface area contributed by atoms with Crippen molar-refractivity contribution in [3.63, 3.8) is 0 Å². The Kier molecular flexibility index (Phi) is 6.42. The van der Waals surface area contributed by atoms with Crippen molar-refractivity contribution in [1.29, 1.82) is 0 Å². The number of thiazole rings is 1. The van der Waals surface area contributed by atoms with Crippen LogP contribution in [-0.4, -0.2) is 26.2 Å². The Labute approximate surface area is 204 Å². The van der Waals surface area contributed by atoms with E-state index in [0.29, 0.717) is 39.9 Å². The van der Waals surface area contributed by atoms with Gasteiger partial charge in [0.25, 0.3) is 5.56 Å². The van der Waals surface area contributed by atoms with Gasteiger partial charge in [0.1, 0.15) is 0 Å². The molecular weight excluding hydrogens is 464 g/mol. The summed E-state index contributed by atoms with van der Waals surface area (Å²) in [6.45, 7) is 2.45. The van der Waals surface area contributed by atoms with Crippen LogP contribution in [0, 0.1) is 0 Å². The Balaban J connectivity index is 1.23. The van der Waals surface area contributed by atoms with E-state index >= 15 is 0 Å². The van der Waals surface area contributed by atoms with Gasteiger partial charge in [-0.05, 0) is 35.9 Å². The van der Waals surface area contributed by atoms with E-state index in [1.165, 1.54) is 28.5 Å². The Morgan fingerprint density at radius 2 is 1.82 bits per heavy atom. The number of anilines is 1. The van der Waals surface area contributed by atoms with Crippen molar-refractivity contribution < 1.29 is 4.79 Å². The van der Waals surface area contributed by atoms with Gasteiger partial charge in [-0.2, -0.15) is 0 Å². The average molecular weight is 487 g/mol. The topological polar surface area (TPSA) is 76.9 Å². The zero-order valence-electron chi connectivity index (χ0n) is 18.5. The molecule has 0 saturated carbocycles. The molecule has 0 radical (unpaired) electrons. The maximum absolute atomic E-state index is 12.7. The number of para-hydroxylation sites is 1. The summed E-state index contributed by atoms with van der Waals surface area (Å²) >= 11 is 2.83. The second kappa shape index (κ2) is 9.79. The number of hydrogen-bond donors (Lipinski definition) is 1. The van der Waals surface area contributed by atoms with Gasteiger partial charge in [0, 0.05) is 29.7 Å². The highest BCUT2D eigenvalue weighted by Gasteiger charge is 2.12. The summed E-state index contributed by atoms with van der Waals surface area (Å²) in [6, 6.07) is 21.8. The first-order valence-electron chi connectivity index (χ1n) is 11.0. The number of carbonyl (C=O) groups excluding carboxylic acids is 1. The van der Waals surface area contributed by atoms with Gasteiger partial charge in [-0.3, -0.25) is 14.2 Å². The molecule has 2 heterocycles. The Bertz CT molecular complexity index is 1560. The molecule has 170 valence electrons.